The number of rotatable bonds is 6. The molecule has 0 unspecified atom stereocenters. The highest BCUT2D eigenvalue weighted by atomic mass is 16.5. The van der Waals surface area contributed by atoms with E-state index in [1.165, 1.54) is 24.3 Å². The summed E-state index contributed by atoms with van der Waals surface area (Å²) in [6.07, 6.45) is 1.58. The Morgan fingerprint density at radius 3 is 2.53 bits per heavy atom. The topological polar surface area (TPSA) is 92.9 Å². The van der Waals surface area contributed by atoms with Gasteiger partial charge in [0.1, 0.15) is 5.75 Å². The summed E-state index contributed by atoms with van der Waals surface area (Å²) in [5, 5.41) is 13.3. The number of aromatic hydroxyl groups is 1. The van der Waals surface area contributed by atoms with Gasteiger partial charge in [0.05, 0.1) is 18.4 Å². The molecule has 3 aromatic rings. The van der Waals surface area contributed by atoms with Crippen molar-refractivity contribution in [3.8, 4) is 11.4 Å². The molecule has 0 fully saturated rings. The average molecular weight is 405 g/mol. The monoisotopic (exact) mass is 405 g/mol. The number of hydrogen-bond donors (Lipinski definition) is 2. The molecular weight excluding hydrogens is 382 g/mol. The van der Waals surface area contributed by atoms with E-state index in [-0.39, 0.29) is 17.6 Å². The fourth-order valence-corrected chi connectivity index (χ4v) is 3.14. The third-order valence-electron chi connectivity index (χ3n) is 4.58. The molecule has 0 saturated carbocycles. The van der Waals surface area contributed by atoms with E-state index < -0.39 is 0 Å². The van der Waals surface area contributed by atoms with Crippen molar-refractivity contribution in [2.24, 2.45) is 5.10 Å². The summed E-state index contributed by atoms with van der Waals surface area (Å²) in [4.78, 5) is 24.2. The molecule has 0 bridgehead atoms. The van der Waals surface area contributed by atoms with Gasteiger partial charge in [0, 0.05) is 28.2 Å². The standard InChI is InChI=1S/C23H23N3O4/c1-4-30-23(29)18-6-5-7-20(13-18)26-15(2)12-19(16(26)3)14-24-25-22(28)17-8-10-21(27)11-9-17/h5-14,27H,4H2,1-3H3,(H,25,28)/b24-14-. The van der Waals surface area contributed by atoms with Crippen LogP contribution in [0.2, 0.25) is 0 Å². The van der Waals surface area contributed by atoms with Crippen LogP contribution in [0, 0.1) is 13.8 Å². The summed E-state index contributed by atoms with van der Waals surface area (Å²) in [6.45, 7) is 5.98. The van der Waals surface area contributed by atoms with Crippen LogP contribution in [0.15, 0.2) is 59.7 Å². The number of benzene rings is 2. The first-order chi connectivity index (χ1) is 14.4. The van der Waals surface area contributed by atoms with Crippen molar-refractivity contribution < 1.29 is 19.4 Å². The van der Waals surface area contributed by atoms with Crippen LogP contribution in [0.3, 0.4) is 0 Å². The van der Waals surface area contributed by atoms with Crippen LogP contribution in [0.25, 0.3) is 5.69 Å². The second kappa shape index (κ2) is 9.09. The van der Waals surface area contributed by atoms with Crippen molar-refractivity contribution in [1.29, 1.82) is 0 Å². The Balaban J connectivity index is 1.79. The van der Waals surface area contributed by atoms with Gasteiger partial charge < -0.3 is 14.4 Å². The molecule has 2 N–H and O–H groups in total. The predicted molar refractivity (Wildman–Crippen MR) is 114 cm³/mol. The molecule has 0 aliphatic carbocycles. The Hall–Kier alpha value is -3.87. The van der Waals surface area contributed by atoms with Crippen molar-refractivity contribution in [1.82, 2.24) is 9.99 Å². The SMILES string of the molecule is CCOC(=O)c1cccc(-n2c(C)cc(/C=N\NC(=O)c3ccc(O)cc3)c2C)c1. The van der Waals surface area contributed by atoms with Crippen LogP contribution in [-0.2, 0) is 4.74 Å². The maximum atomic E-state index is 12.1. The summed E-state index contributed by atoms with van der Waals surface area (Å²) in [6, 6.07) is 15.1. The number of nitrogens with one attached hydrogen (secondary N) is 1. The number of esters is 1. The zero-order valence-electron chi connectivity index (χ0n) is 17.0. The molecule has 3 rings (SSSR count). The van der Waals surface area contributed by atoms with E-state index in [9.17, 15) is 14.7 Å². The number of hydrogen-bond acceptors (Lipinski definition) is 5. The minimum atomic E-state index is -0.373. The zero-order chi connectivity index (χ0) is 21.7. The van der Waals surface area contributed by atoms with Gasteiger partial charge in [-0.15, -0.1) is 0 Å². The highest BCUT2D eigenvalue weighted by Gasteiger charge is 2.13. The van der Waals surface area contributed by atoms with Crippen molar-refractivity contribution in [3.63, 3.8) is 0 Å². The maximum absolute atomic E-state index is 12.1. The van der Waals surface area contributed by atoms with Gasteiger partial charge in [-0.1, -0.05) is 6.07 Å². The first-order valence-corrected chi connectivity index (χ1v) is 9.49. The van der Waals surface area contributed by atoms with E-state index in [0.29, 0.717) is 17.7 Å². The normalized spacial score (nSPS) is 10.9. The second-order valence-electron chi connectivity index (χ2n) is 6.68. The Bertz CT molecular complexity index is 1100. The molecule has 0 aliphatic rings. The Labute approximate surface area is 174 Å². The smallest absolute Gasteiger partial charge is 0.338 e. The van der Waals surface area contributed by atoms with Gasteiger partial charge in [-0.2, -0.15) is 5.10 Å². The van der Waals surface area contributed by atoms with E-state index in [0.717, 1.165) is 22.6 Å². The fraction of sp³-hybridized carbons (Fsp3) is 0.174. The molecule has 0 spiro atoms. The summed E-state index contributed by atoms with van der Waals surface area (Å²) in [5.41, 5.74) is 6.90. The number of phenolic OH excluding ortho intramolecular Hbond substituents is 1. The number of phenols is 1. The van der Waals surface area contributed by atoms with Gasteiger partial charge in [-0.25, -0.2) is 10.2 Å². The van der Waals surface area contributed by atoms with Crippen LogP contribution in [-0.4, -0.2) is 34.4 Å². The van der Waals surface area contributed by atoms with Gasteiger partial charge in [-0.3, -0.25) is 4.79 Å². The lowest BCUT2D eigenvalue weighted by molar-refractivity contribution is 0.0526. The molecular formula is C23H23N3O4. The third-order valence-corrected chi connectivity index (χ3v) is 4.58. The molecule has 30 heavy (non-hydrogen) atoms. The van der Waals surface area contributed by atoms with Gasteiger partial charge in [0.25, 0.3) is 5.91 Å². The molecule has 1 amide bonds. The van der Waals surface area contributed by atoms with Gasteiger partial charge in [0.15, 0.2) is 0 Å². The average Bonchev–Trinajstić information content (AvgIpc) is 3.02. The third kappa shape index (κ3) is 4.57. The summed E-state index contributed by atoms with van der Waals surface area (Å²) < 4.78 is 7.09. The highest BCUT2D eigenvalue weighted by Crippen LogP contribution is 2.21. The lowest BCUT2D eigenvalue weighted by Gasteiger charge is -2.11. The zero-order valence-corrected chi connectivity index (χ0v) is 17.0. The number of amides is 1. The highest BCUT2D eigenvalue weighted by molar-refractivity contribution is 5.95. The van der Waals surface area contributed by atoms with Crippen LogP contribution in [0.5, 0.6) is 5.75 Å². The number of carbonyl (C=O) groups excluding carboxylic acids is 2. The number of aromatic nitrogens is 1. The lowest BCUT2D eigenvalue weighted by atomic mass is 10.2. The Morgan fingerprint density at radius 1 is 1.10 bits per heavy atom. The number of aryl methyl sites for hydroxylation is 1. The quantitative estimate of drug-likeness (QED) is 0.371. The van der Waals surface area contributed by atoms with Crippen LogP contribution >= 0.6 is 0 Å². The molecule has 7 nitrogen and oxygen atoms in total. The minimum absolute atomic E-state index is 0.0921. The molecule has 0 radical (unpaired) electrons. The summed E-state index contributed by atoms with van der Waals surface area (Å²) in [5.74, 6) is -0.641. The van der Waals surface area contributed by atoms with E-state index in [2.05, 4.69) is 10.5 Å². The van der Waals surface area contributed by atoms with Crippen molar-refractivity contribution in [3.05, 3.63) is 82.7 Å². The first kappa shape index (κ1) is 20.9. The van der Waals surface area contributed by atoms with E-state index >= 15 is 0 Å². The van der Waals surface area contributed by atoms with E-state index in [1.807, 2.05) is 36.6 Å². The Morgan fingerprint density at radius 2 is 1.83 bits per heavy atom. The van der Waals surface area contributed by atoms with Crippen LogP contribution < -0.4 is 5.43 Å². The maximum Gasteiger partial charge on any atom is 0.338 e. The number of ether oxygens (including phenoxy) is 1. The minimum Gasteiger partial charge on any atom is -0.508 e. The largest absolute Gasteiger partial charge is 0.508 e. The molecule has 1 heterocycles. The summed E-state index contributed by atoms with van der Waals surface area (Å²) >= 11 is 0. The van der Waals surface area contributed by atoms with Crippen molar-refractivity contribution in [2.75, 3.05) is 6.61 Å². The predicted octanol–water partition coefficient (Wildman–Crippen LogP) is 3.74. The van der Waals surface area contributed by atoms with Crippen LogP contribution in [0.1, 0.15) is 44.6 Å². The number of hydrazone groups is 1. The molecule has 2 aromatic carbocycles. The lowest BCUT2D eigenvalue weighted by Crippen LogP contribution is -2.17. The molecule has 7 heteroatoms. The molecule has 1 aromatic heterocycles. The van der Waals surface area contributed by atoms with E-state index in [4.69, 9.17) is 4.74 Å². The number of nitrogens with zero attached hydrogens (tertiary/aromatic N) is 2. The molecule has 154 valence electrons. The Kier molecular flexibility index (Phi) is 6.32. The van der Waals surface area contributed by atoms with Gasteiger partial charge in [-0.05, 0) is 69.3 Å². The van der Waals surface area contributed by atoms with E-state index in [1.54, 1.807) is 25.3 Å². The fourth-order valence-electron chi connectivity index (χ4n) is 3.14. The van der Waals surface area contributed by atoms with Gasteiger partial charge in [0.2, 0.25) is 0 Å². The van der Waals surface area contributed by atoms with Gasteiger partial charge >= 0.3 is 5.97 Å². The molecule has 0 atom stereocenters. The number of carbonyl (C=O) groups is 2. The summed E-state index contributed by atoms with van der Waals surface area (Å²) in [7, 11) is 0. The van der Waals surface area contributed by atoms with Crippen LogP contribution in [0.4, 0.5) is 0 Å². The molecule has 0 aliphatic heterocycles. The molecule has 0 saturated heterocycles. The second-order valence-corrected chi connectivity index (χ2v) is 6.68. The first-order valence-electron chi connectivity index (χ1n) is 9.49. The van der Waals surface area contributed by atoms with Crippen molar-refractivity contribution in [2.45, 2.75) is 20.8 Å². The van der Waals surface area contributed by atoms with Crippen molar-refractivity contribution >= 4 is 18.1 Å².